The summed E-state index contributed by atoms with van der Waals surface area (Å²) in [7, 11) is 0. The maximum absolute atomic E-state index is 12.7. The molecule has 26 heavy (non-hydrogen) atoms. The fourth-order valence-corrected chi connectivity index (χ4v) is 3.61. The molecule has 0 radical (unpaired) electrons. The van der Waals surface area contributed by atoms with Crippen molar-refractivity contribution in [3.8, 4) is 0 Å². The molecule has 2 aliphatic rings. The molecular weight excluding hydrogens is 330 g/mol. The number of hydrogen-bond acceptors (Lipinski definition) is 4. The van der Waals surface area contributed by atoms with Crippen LogP contribution in [-0.4, -0.2) is 40.1 Å². The van der Waals surface area contributed by atoms with Crippen LogP contribution in [0.15, 0.2) is 18.3 Å². The number of carbonyl (C=O) groups excluding carboxylic acids is 2. The van der Waals surface area contributed by atoms with Crippen molar-refractivity contribution in [3.63, 3.8) is 0 Å². The molecule has 1 saturated heterocycles. The SMILES string of the molecule is CC(=O)N1CCC[C@@H]1c1ccc(N(C(=O)OC(C)(C)C)C2CCC2)nc1. The first-order valence-corrected chi connectivity index (χ1v) is 9.51. The summed E-state index contributed by atoms with van der Waals surface area (Å²) in [5, 5.41) is 0. The predicted molar refractivity (Wildman–Crippen MR) is 100.0 cm³/mol. The lowest BCUT2D eigenvalue weighted by molar-refractivity contribution is -0.129. The maximum atomic E-state index is 12.7. The van der Waals surface area contributed by atoms with E-state index < -0.39 is 5.60 Å². The topological polar surface area (TPSA) is 62.7 Å². The molecule has 2 amide bonds. The summed E-state index contributed by atoms with van der Waals surface area (Å²) in [6.07, 6.45) is 6.51. The first-order valence-electron chi connectivity index (χ1n) is 9.51. The van der Waals surface area contributed by atoms with E-state index in [1.807, 2.05) is 37.8 Å². The Kier molecular flexibility index (Phi) is 5.21. The second-order valence-corrected chi connectivity index (χ2v) is 8.26. The highest BCUT2D eigenvalue weighted by Gasteiger charge is 2.34. The highest BCUT2D eigenvalue weighted by molar-refractivity contribution is 5.87. The Morgan fingerprint density at radius 3 is 2.42 bits per heavy atom. The number of ether oxygens (including phenoxy) is 1. The zero-order valence-electron chi connectivity index (χ0n) is 16.2. The van der Waals surface area contributed by atoms with E-state index in [9.17, 15) is 9.59 Å². The van der Waals surface area contributed by atoms with Gasteiger partial charge in [0.15, 0.2) is 0 Å². The van der Waals surface area contributed by atoms with Gasteiger partial charge in [-0.1, -0.05) is 6.07 Å². The minimum Gasteiger partial charge on any atom is -0.443 e. The van der Waals surface area contributed by atoms with Gasteiger partial charge in [0.2, 0.25) is 5.91 Å². The predicted octanol–water partition coefficient (Wildman–Crippen LogP) is 4.06. The fraction of sp³-hybridized carbons (Fsp3) is 0.650. The van der Waals surface area contributed by atoms with E-state index in [0.29, 0.717) is 5.82 Å². The van der Waals surface area contributed by atoms with E-state index >= 15 is 0 Å². The summed E-state index contributed by atoms with van der Waals surface area (Å²) < 4.78 is 5.58. The molecule has 1 aromatic heterocycles. The zero-order chi connectivity index (χ0) is 18.9. The van der Waals surface area contributed by atoms with E-state index in [2.05, 4.69) is 4.98 Å². The number of rotatable bonds is 3. The van der Waals surface area contributed by atoms with Crippen molar-refractivity contribution < 1.29 is 14.3 Å². The Morgan fingerprint density at radius 1 is 1.19 bits per heavy atom. The zero-order valence-corrected chi connectivity index (χ0v) is 16.2. The van der Waals surface area contributed by atoms with Crippen LogP contribution in [0.25, 0.3) is 0 Å². The molecular formula is C20H29N3O3. The number of nitrogens with zero attached hydrogens (tertiary/aromatic N) is 3. The average Bonchev–Trinajstić information content (AvgIpc) is 2.99. The van der Waals surface area contributed by atoms with Gasteiger partial charge in [0.05, 0.1) is 6.04 Å². The normalized spacial score (nSPS) is 20.6. The second-order valence-electron chi connectivity index (χ2n) is 8.26. The molecule has 3 rings (SSSR count). The van der Waals surface area contributed by atoms with Gasteiger partial charge in [0.25, 0.3) is 0 Å². The van der Waals surface area contributed by atoms with Crippen molar-refractivity contribution >= 4 is 17.8 Å². The van der Waals surface area contributed by atoms with Crippen LogP contribution < -0.4 is 4.90 Å². The molecule has 2 heterocycles. The van der Waals surface area contributed by atoms with Crippen LogP contribution in [0, 0.1) is 0 Å². The number of anilines is 1. The molecule has 2 fully saturated rings. The molecule has 6 heteroatoms. The molecule has 0 N–H and O–H groups in total. The molecule has 1 aromatic rings. The quantitative estimate of drug-likeness (QED) is 0.816. The van der Waals surface area contributed by atoms with Gasteiger partial charge in [0.1, 0.15) is 11.4 Å². The van der Waals surface area contributed by atoms with E-state index in [4.69, 9.17) is 4.74 Å². The summed E-state index contributed by atoms with van der Waals surface area (Å²) in [5.41, 5.74) is 0.490. The van der Waals surface area contributed by atoms with Gasteiger partial charge < -0.3 is 9.64 Å². The molecule has 142 valence electrons. The number of pyridine rings is 1. The summed E-state index contributed by atoms with van der Waals surface area (Å²) in [4.78, 5) is 32.6. The number of aromatic nitrogens is 1. The Morgan fingerprint density at radius 2 is 1.92 bits per heavy atom. The highest BCUT2D eigenvalue weighted by Crippen LogP contribution is 2.34. The third kappa shape index (κ3) is 4.00. The molecule has 0 spiro atoms. The third-order valence-corrected chi connectivity index (χ3v) is 5.09. The largest absolute Gasteiger partial charge is 0.443 e. The van der Waals surface area contributed by atoms with Crippen LogP contribution >= 0.6 is 0 Å². The smallest absolute Gasteiger partial charge is 0.416 e. The number of likely N-dealkylation sites (tertiary alicyclic amines) is 1. The first kappa shape index (κ1) is 18.7. The summed E-state index contributed by atoms with van der Waals surface area (Å²) in [5.74, 6) is 0.724. The van der Waals surface area contributed by atoms with E-state index in [-0.39, 0.29) is 24.1 Å². The Balaban J connectivity index is 1.80. The van der Waals surface area contributed by atoms with E-state index in [1.165, 1.54) is 0 Å². The van der Waals surface area contributed by atoms with Gasteiger partial charge in [-0.25, -0.2) is 9.78 Å². The Labute approximate surface area is 155 Å². The molecule has 1 atom stereocenters. The van der Waals surface area contributed by atoms with Crippen LogP contribution in [0.3, 0.4) is 0 Å². The molecule has 0 bridgehead atoms. The molecule has 1 aliphatic carbocycles. The maximum Gasteiger partial charge on any atom is 0.416 e. The van der Waals surface area contributed by atoms with Crippen LogP contribution in [0.4, 0.5) is 10.6 Å². The van der Waals surface area contributed by atoms with Crippen molar-refractivity contribution in [2.24, 2.45) is 0 Å². The Hall–Kier alpha value is -2.11. The van der Waals surface area contributed by atoms with E-state index in [1.54, 1.807) is 18.0 Å². The molecule has 1 saturated carbocycles. The lowest BCUT2D eigenvalue weighted by Gasteiger charge is -2.37. The molecule has 1 aliphatic heterocycles. The van der Waals surface area contributed by atoms with Crippen LogP contribution in [0.1, 0.15) is 71.4 Å². The third-order valence-electron chi connectivity index (χ3n) is 5.09. The van der Waals surface area contributed by atoms with Crippen LogP contribution in [0.2, 0.25) is 0 Å². The summed E-state index contributed by atoms with van der Waals surface area (Å²) in [6, 6.07) is 4.12. The van der Waals surface area contributed by atoms with Crippen molar-refractivity contribution in [2.75, 3.05) is 11.4 Å². The lowest BCUT2D eigenvalue weighted by Crippen LogP contribution is -2.47. The number of hydrogen-bond donors (Lipinski definition) is 0. The summed E-state index contributed by atoms with van der Waals surface area (Å²) in [6.45, 7) is 8.03. The van der Waals surface area contributed by atoms with Crippen molar-refractivity contribution in [1.82, 2.24) is 9.88 Å². The molecule has 6 nitrogen and oxygen atoms in total. The first-order chi connectivity index (χ1) is 12.3. The van der Waals surface area contributed by atoms with Gasteiger partial charge in [-0.15, -0.1) is 0 Å². The van der Waals surface area contributed by atoms with Crippen molar-refractivity contribution in [3.05, 3.63) is 23.9 Å². The Bertz CT molecular complexity index is 662. The average molecular weight is 359 g/mol. The van der Waals surface area contributed by atoms with Gasteiger partial charge in [-0.3, -0.25) is 9.69 Å². The minimum atomic E-state index is -0.537. The standard InChI is InChI=1S/C20H29N3O3/c1-14(24)22-12-6-9-17(22)15-10-11-18(21-13-15)23(16-7-5-8-16)19(25)26-20(2,3)4/h10-11,13,16-17H,5-9,12H2,1-4H3/t17-/m1/s1. The van der Waals surface area contributed by atoms with Crippen LogP contribution in [0.5, 0.6) is 0 Å². The fourth-order valence-electron chi connectivity index (χ4n) is 3.61. The van der Waals surface area contributed by atoms with E-state index in [0.717, 1.165) is 44.2 Å². The second kappa shape index (κ2) is 7.25. The molecule has 0 unspecified atom stereocenters. The van der Waals surface area contributed by atoms with Crippen molar-refractivity contribution in [2.45, 2.75) is 77.5 Å². The van der Waals surface area contributed by atoms with Gasteiger partial charge in [0, 0.05) is 25.7 Å². The number of amides is 2. The lowest BCUT2D eigenvalue weighted by atomic mass is 9.91. The minimum absolute atomic E-state index is 0.0905. The van der Waals surface area contributed by atoms with Gasteiger partial charge in [-0.05, 0) is 64.5 Å². The highest BCUT2D eigenvalue weighted by atomic mass is 16.6. The summed E-state index contributed by atoms with van der Waals surface area (Å²) >= 11 is 0. The van der Waals surface area contributed by atoms with Gasteiger partial charge in [-0.2, -0.15) is 0 Å². The van der Waals surface area contributed by atoms with Crippen LogP contribution in [-0.2, 0) is 9.53 Å². The number of carbonyl (C=O) groups is 2. The van der Waals surface area contributed by atoms with Crippen molar-refractivity contribution in [1.29, 1.82) is 0 Å². The molecule has 0 aromatic carbocycles. The monoisotopic (exact) mass is 359 g/mol. The van der Waals surface area contributed by atoms with Gasteiger partial charge >= 0.3 is 6.09 Å².